The van der Waals surface area contributed by atoms with Gasteiger partial charge in [0, 0.05) is 43.8 Å². The molecule has 3 heterocycles. The zero-order chi connectivity index (χ0) is 33.0. The van der Waals surface area contributed by atoms with Crippen molar-refractivity contribution >= 4 is 43.9 Å². The molecule has 0 atom stereocenters. The van der Waals surface area contributed by atoms with E-state index in [4.69, 9.17) is 23.8 Å². The average molecular weight is 642 g/mol. The first-order valence-electron chi connectivity index (χ1n) is 16.6. The fraction of sp³-hybridized carbons (Fsp3) is 0. The predicted molar refractivity (Wildman–Crippen MR) is 202 cm³/mol. The molecule has 0 bridgehead atoms. The molecule has 50 heavy (non-hydrogen) atoms. The molecule has 234 valence electrons. The normalized spacial score (nSPS) is 11.6. The maximum Gasteiger partial charge on any atom is 0.164 e. The van der Waals surface area contributed by atoms with Crippen molar-refractivity contribution in [2.45, 2.75) is 0 Å². The first-order chi connectivity index (χ1) is 24.8. The van der Waals surface area contributed by atoms with Crippen LogP contribution in [0, 0.1) is 0 Å². The molecule has 0 radical (unpaired) electrons. The molecule has 5 nitrogen and oxygen atoms in total. The van der Waals surface area contributed by atoms with Crippen LogP contribution in [0.15, 0.2) is 173 Å². The van der Waals surface area contributed by atoms with Gasteiger partial charge in [0.2, 0.25) is 0 Å². The summed E-state index contributed by atoms with van der Waals surface area (Å²) in [5.74, 6) is 1.81. The summed E-state index contributed by atoms with van der Waals surface area (Å²) in [5, 5.41) is 4.25. The van der Waals surface area contributed by atoms with Crippen LogP contribution in [0.5, 0.6) is 0 Å². The third-order valence-corrected chi connectivity index (χ3v) is 9.37. The molecular weight excluding hydrogens is 615 g/mol. The highest BCUT2D eigenvalue weighted by Crippen LogP contribution is 2.42. The van der Waals surface area contributed by atoms with E-state index >= 15 is 0 Å². The van der Waals surface area contributed by atoms with Crippen LogP contribution in [-0.4, -0.2) is 15.0 Å². The van der Waals surface area contributed by atoms with Gasteiger partial charge >= 0.3 is 0 Å². The number of aromatic nitrogens is 3. The van der Waals surface area contributed by atoms with Crippen molar-refractivity contribution in [2.75, 3.05) is 0 Å². The largest absolute Gasteiger partial charge is 0.456 e. The second-order valence-electron chi connectivity index (χ2n) is 12.4. The number of furan rings is 2. The summed E-state index contributed by atoms with van der Waals surface area (Å²) in [6.07, 6.45) is 0. The minimum atomic E-state index is 0.582. The van der Waals surface area contributed by atoms with Crippen LogP contribution in [0.25, 0.3) is 100 Å². The van der Waals surface area contributed by atoms with Gasteiger partial charge in [-0.05, 0) is 41.0 Å². The molecule has 5 heteroatoms. The second-order valence-corrected chi connectivity index (χ2v) is 12.4. The summed E-state index contributed by atoms with van der Waals surface area (Å²) in [4.78, 5) is 14.9. The summed E-state index contributed by atoms with van der Waals surface area (Å²) in [5.41, 5.74) is 10.4. The van der Waals surface area contributed by atoms with Crippen LogP contribution in [-0.2, 0) is 0 Å². The Kier molecular flexibility index (Phi) is 6.42. The molecule has 0 amide bonds. The quantitative estimate of drug-likeness (QED) is 0.187. The van der Waals surface area contributed by atoms with Crippen molar-refractivity contribution < 1.29 is 8.83 Å². The Bertz CT molecular complexity index is 2850. The molecular formula is C45H27N3O2. The number of benzene rings is 7. The molecule has 0 aliphatic heterocycles. The van der Waals surface area contributed by atoms with Crippen LogP contribution in [0.2, 0.25) is 0 Å². The fourth-order valence-electron chi connectivity index (χ4n) is 6.94. The van der Waals surface area contributed by atoms with Gasteiger partial charge in [-0.1, -0.05) is 140 Å². The lowest BCUT2D eigenvalue weighted by atomic mass is 9.97. The number of para-hydroxylation sites is 2. The Morgan fingerprint density at radius 2 is 0.860 bits per heavy atom. The van der Waals surface area contributed by atoms with Crippen LogP contribution < -0.4 is 0 Å². The highest BCUT2D eigenvalue weighted by atomic mass is 16.3. The molecule has 0 saturated carbocycles. The maximum absolute atomic E-state index is 6.72. The number of hydrogen-bond donors (Lipinski definition) is 0. The molecule has 0 saturated heterocycles. The van der Waals surface area contributed by atoms with Crippen molar-refractivity contribution in [2.24, 2.45) is 0 Å². The van der Waals surface area contributed by atoms with Crippen molar-refractivity contribution in [3.05, 3.63) is 164 Å². The molecule has 0 N–H and O–H groups in total. The third kappa shape index (κ3) is 4.67. The topological polar surface area (TPSA) is 65.0 Å². The lowest BCUT2D eigenvalue weighted by Gasteiger charge is -2.09. The lowest BCUT2D eigenvalue weighted by Crippen LogP contribution is -2.00. The third-order valence-electron chi connectivity index (χ3n) is 9.37. The number of rotatable bonds is 5. The Hall–Kier alpha value is -6.85. The van der Waals surface area contributed by atoms with Crippen molar-refractivity contribution in [1.29, 1.82) is 0 Å². The van der Waals surface area contributed by atoms with E-state index in [-0.39, 0.29) is 0 Å². The van der Waals surface area contributed by atoms with Gasteiger partial charge in [-0.2, -0.15) is 0 Å². The SMILES string of the molecule is c1ccc(-c2ccc(-c3nc(-c4ccccc4)nc(-c4ccc5c(c4)oc4c(-c6cccc7oc8ccccc8c67)cccc45)n3)cc2)cc1. The van der Waals surface area contributed by atoms with Gasteiger partial charge in [-0.15, -0.1) is 0 Å². The summed E-state index contributed by atoms with van der Waals surface area (Å²) in [7, 11) is 0. The van der Waals surface area contributed by atoms with Crippen LogP contribution in [0.3, 0.4) is 0 Å². The van der Waals surface area contributed by atoms with E-state index in [1.807, 2.05) is 72.8 Å². The van der Waals surface area contributed by atoms with Gasteiger partial charge in [0.15, 0.2) is 17.5 Å². The zero-order valence-corrected chi connectivity index (χ0v) is 26.7. The van der Waals surface area contributed by atoms with E-state index in [1.54, 1.807) is 0 Å². The first-order valence-corrected chi connectivity index (χ1v) is 16.6. The zero-order valence-electron chi connectivity index (χ0n) is 26.7. The van der Waals surface area contributed by atoms with Gasteiger partial charge in [-0.3, -0.25) is 0 Å². The Morgan fingerprint density at radius 3 is 1.64 bits per heavy atom. The molecule has 0 spiro atoms. The van der Waals surface area contributed by atoms with Gasteiger partial charge in [0.05, 0.1) is 0 Å². The summed E-state index contributed by atoms with van der Waals surface area (Å²) in [6, 6.07) is 55.7. The molecule has 3 aromatic heterocycles. The molecule has 0 unspecified atom stereocenters. The van der Waals surface area contributed by atoms with Crippen LogP contribution in [0.1, 0.15) is 0 Å². The Morgan fingerprint density at radius 1 is 0.320 bits per heavy atom. The molecule has 7 aromatic carbocycles. The molecule has 0 aliphatic rings. The summed E-state index contributed by atoms with van der Waals surface area (Å²) < 4.78 is 12.9. The summed E-state index contributed by atoms with van der Waals surface area (Å²) in [6.45, 7) is 0. The lowest BCUT2D eigenvalue weighted by molar-refractivity contribution is 0.668. The van der Waals surface area contributed by atoms with Gasteiger partial charge in [-0.25, -0.2) is 15.0 Å². The number of nitrogens with zero attached hydrogens (tertiary/aromatic N) is 3. The van der Waals surface area contributed by atoms with E-state index in [2.05, 4.69) is 91.0 Å². The van der Waals surface area contributed by atoms with Crippen molar-refractivity contribution in [3.63, 3.8) is 0 Å². The predicted octanol–water partition coefficient (Wildman–Crippen LogP) is 12.0. The second kappa shape index (κ2) is 11.4. The maximum atomic E-state index is 6.72. The van der Waals surface area contributed by atoms with Crippen LogP contribution >= 0.6 is 0 Å². The molecule has 0 fully saturated rings. The van der Waals surface area contributed by atoms with Crippen molar-refractivity contribution in [3.8, 4) is 56.4 Å². The van der Waals surface area contributed by atoms with E-state index in [0.717, 1.165) is 82.8 Å². The minimum Gasteiger partial charge on any atom is -0.456 e. The molecule has 0 aliphatic carbocycles. The fourth-order valence-corrected chi connectivity index (χ4v) is 6.94. The minimum absolute atomic E-state index is 0.582. The average Bonchev–Trinajstić information content (AvgIpc) is 3.77. The van der Waals surface area contributed by atoms with Gasteiger partial charge in [0.1, 0.15) is 22.3 Å². The van der Waals surface area contributed by atoms with E-state index < -0.39 is 0 Å². The van der Waals surface area contributed by atoms with Crippen molar-refractivity contribution in [1.82, 2.24) is 15.0 Å². The smallest absolute Gasteiger partial charge is 0.164 e. The molecule has 10 aromatic rings. The monoisotopic (exact) mass is 641 g/mol. The Balaban J connectivity index is 1.11. The number of hydrogen-bond acceptors (Lipinski definition) is 5. The Labute approximate surface area is 287 Å². The van der Waals surface area contributed by atoms with Crippen LogP contribution in [0.4, 0.5) is 0 Å². The highest BCUT2D eigenvalue weighted by molar-refractivity contribution is 6.17. The van der Waals surface area contributed by atoms with E-state index in [9.17, 15) is 0 Å². The van der Waals surface area contributed by atoms with E-state index in [0.29, 0.717) is 17.5 Å². The molecule has 10 rings (SSSR count). The highest BCUT2D eigenvalue weighted by Gasteiger charge is 2.19. The van der Waals surface area contributed by atoms with Gasteiger partial charge in [0.25, 0.3) is 0 Å². The summed E-state index contributed by atoms with van der Waals surface area (Å²) >= 11 is 0. The first kappa shape index (κ1) is 28.2. The van der Waals surface area contributed by atoms with Gasteiger partial charge < -0.3 is 8.83 Å². The number of fused-ring (bicyclic) bond motifs is 6. The standard InChI is InChI=1S/C45H27N3O2/c1-3-11-28(12-4-1)29-21-23-31(24-22-29)44-46-43(30-13-5-2-6-14-30)47-45(48-44)32-25-26-33-35-17-9-18-36(42(35)50-40(33)27-32)34-16-10-20-39-41(34)37-15-7-8-19-38(37)49-39/h1-27H. The van der Waals surface area contributed by atoms with E-state index in [1.165, 1.54) is 0 Å².